The fourth-order valence-electron chi connectivity index (χ4n) is 4.06. The molecule has 31 heavy (non-hydrogen) atoms. The molecule has 0 bridgehead atoms. The molecule has 1 aliphatic heterocycles. The van der Waals surface area contributed by atoms with Crippen molar-refractivity contribution in [2.45, 2.75) is 31.3 Å². The predicted molar refractivity (Wildman–Crippen MR) is 115 cm³/mol. The quantitative estimate of drug-likeness (QED) is 0.641. The molecule has 2 heterocycles. The van der Waals surface area contributed by atoms with Crippen LogP contribution in [0.1, 0.15) is 30.4 Å². The topological polar surface area (TPSA) is 84.7 Å². The number of carbonyl (C=O) groups excluding carboxylic acids is 2. The average molecular weight is 419 g/mol. The number of hydrogen-bond acceptors (Lipinski definition) is 5. The van der Waals surface area contributed by atoms with Crippen LogP contribution in [0, 0.1) is 0 Å². The second-order valence-corrected chi connectivity index (χ2v) is 7.78. The standard InChI is InChI=1S/C24H25N3O4/c28-22(25-21-11-16-31-26-21)17-24(20-9-5-2-6-10-20)12-14-27(15-13-24)23(29)30-18-19-7-3-1-4-8-19/h1-11,16H,12-15,17-18H2,(H,25,26,28). The number of benzene rings is 2. The molecular formula is C24H25N3O4. The summed E-state index contributed by atoms with van der Waals surface area (Å²) in [5.41, 5.74) is 1.70. The van der Waals surface area contributed by atoms with Gasteiger partial charge in [-0.2, -0.15) is 0 Å². The van der Waals surface area contributed by atoms with E-state index in [1.54, 1.807) is 11.0 Å². The zero-order valence-corrected chi connectivity index (χ0v) is 17.2. The molecule has 2 amide bonds. The molecule has 0 radical (unpaired) electrons. The van der Waals surface area contributed by atoms with Crippen molar-refractivity contribution in [1.82, 2.24) is 10.1 Å². The molecule has 2 aromatic carbocycles. The number of nitrogens with zero attached hydrogens (tertiary/aromatic N) is 2. The van der Waals surface area contributed by atoms with Gasteiger partial charge in [0.1, 0.15) is 12.9 Å². The van der Waals surface area contributed by atoms with E-state index in [1.165, 1.54) is 6.26 Å². The van der Waals surface area contributed by atoms with Crippen LogP contribution in [0.4, 0.5) is 10.6 Å². The Bertz CT molecular complexity index is 982. The van der Waals surface area contributed by atoms with Gasteiger partial charge in [0.05, 0.1) is 0 Å². The molecule has 0 aliphatic carbocycles. The Balaban J connectivity index is 1.40. The van der Waals surface area contributed by atoms with Gasteiger partial charge in [-0.15, -0.1) is 0 Å². The molecule has 160 valence electrons. The summed E-state index contributed by atoms with van der Waals surface area (Å²) in [5, 5.41) is 6.54. The Morgan fingerprint density at radius 2 is 1.68 bits per heavy atom. The molecule has 0 saturated carbocycles. The maximum Gasteiger partial charge on any atom is 0.410 e. The van der Waals surface area contributed by atoms with Crippen molar-refractivity contribution in [3.05, 3.63) is 84.1 Å². The van der Waals surface area contributed by atoms with Crippen molar-refractivity contribution >= 4 is 17.8 Å². The highest BCUT2D eigenvalue weighted by atomic mass is 16.6. The molecule has 4 rings (SSSR count). The third-order valence-corrected chi connectivity index (χ3v) is 5.77. The van der Waals surface area contributed by atoms with Gasteiger partial charge in [-0.1, -0.05) is 65.8 Å². The van der Waals surface area contributed by atoms with Crippen LogP contribution in [0.3, 0.4) is 0 Å². The molecular weight excluding hydrogens is 394 g/mol. The normalized spacial score (nSPS) is 15.3. The lowest BCUT2D eigenvalue weighted by molar-refractivity contribution is -0.117. The number of carbonyl (C=O) groups is 2. The SMILES string of the molecule is O=C(CC1(c2ccccc2)CCN(C(=O)OCc2ccccc2)CC1)Nc1ccon1. The Hall–Kier alpha value is -3.61. The number of aromatic nitrogens is 1. The molecule has 7 heteroatoms. The molecule has 7 nitrogen and oxygen atoms in total. The minimum Gasteiger partial charge on any atom is -0.445 e. The monoisotopic (exact) mass is 419 g/mol. The summed E-state index contributed by atoms with van der Waals surface area (Å²) < 4.78 is 10.3. The van der Waals surface area contributed by atoms with Gasteiger partial charge in [0.2, 0.25) is 5.91 Å². The molecule has 0 unspecified atom stereocenters. The molecule has 0 spiro atoms. The third kappa shape index (κ3) is 5.12. The number of likely N-dealkylation sites (tertiary alicyclic amines) is 1. The Morgan fingerprint density at radius 3 is 2.32 bits per heavy atom. The van der Waals surface area contributed by atoms with E-state index in [9.17, 15) is 9.59 Å². The molecule has 3 aromatic rings. The summed E-state index contributed by atoms with van der Waals surface area (Å²) in [5.74, 6) is 0.271. The van der Waals surface area contributed by atoms with E-state index in [0.29, 0.717) is 38.2 Å². The van der Waals surface area contributed by atoms with Crippen LogP contribution in [0.2, 0.25) is 0 Å². The first-order chi connectivity index (χ1) is 15.1. The van der Waals surface area contributed by atoms with Gasteiger partial charge < -0.3 is 19.5 Å². The Kier molecular flexibility index (Phi) is 6.31. The number of piperidine rings is 1. The second kappa shape index (κ2) is 9.47. The van der Waals surface area contributed by atoms with Crippen molar-refractivity contribution in [3.63, 3.8) is 0 Å². The van der Waals surface area contributed by atoms with Gasteiger partial charge in [-0.3, -0.25) is 4.79 Å². The number of nitrogens with one attached hydrogen (secondary N) is 1. The van der Waals surface area contributed by atoms with E-state index in [1.807, 2.05) is 60.7 Å². The van der Waals surface area contributed by atoms with Gasteiger partial charge in [0.15, 0.2) is 5.82 Å². The second-order valence-electron chi connectivity index (χ2n) is 7.78. The van der Waals surface area contributed by atoms with Gasteiger partial charge >= 0.3 is 6.09 Å². The lowest BCUT2D eigenvalue weighted by Crippen LogP contribution is -2.46. The highest BCUT2D eigenvalue weighted by Crippen LogP contribution is 2.39. The summed E-state index contributed by atoms with van der Waals surface area (Å²) >= 11 is 0. The molecule has 0 atom stereocenters. The Labute approximate surface area is 181 Å². The fourth-order valence-corrected chi connectivity index (χ4v) is 4.06. The number of amides is 2. The third-order valence-electron chi connectivity index (χ3n) is 5.77. The summed E-state index contributed by atoms with van der Waals surface area (Å²) in [6.45, 7) is 1.31. The first-order valence-electron chi connectivity index (χ1n) is 10.4. The van der Waals surface area contributed by atoms with Gasteiger partial charge in [-0.25, -0.2) is 4.79 Å². The van der Waals surface area contributed by atoms with Crippen molar-refractivity contribution in [2.75, 3.05) is 18.4 Å². The zero-order chi connectivity index (χ0) is 21.5. The minimum atomic E-state index is -0.356. The molecule has 1 N–H and O–H groups in total. The summed E-state index contributed by atoms with van der Waals surface area (Å²) in [4.78, 5) is 27.0. The highest BCUT2D eigenvalue weighted by molar-refractivity contribution is 5.90. The van der Waals surface area contributed by atoms with Crippen LogP contribution in [0.5, 0.6) is 0 Å². The first kappa shape index (κ1) is 20.7. The van der Waals surface area contributed by atoms with Crippen molar-refractivity contribution in [3.8, 4) is 0 Å². The van der Waals surface area contributed by atoms with E-state index < -0.39 is 0 Å². The fraction of sp³-hybridized carbons (Fsp3) is 0.292. The number of hydrogen-bond donors (Lipinski definition) is 1. The lowest BCUT2D eigenvalue weighted by atomic mass is 9.70. The van der Waals surface area contributed by atoms with Gasteiger partial charge in [-0.05, 0) is 24.0 Å². The summed E-state index contributed by atoms with van der Waals surface area (Å²) in [7, 11) is 0. The van der Waals surface area contributed by atoms with E-state index in [-0.39, 0.29) is 24.0 Å². The number of rotatable bonds is 6. The van der Waals surface area contributed by atoms with Crippen molar-refractivity contribution in [2.24, 2.45) is 0 Å². The van der Waals surface area contributed by atoms with Crippen LogP contribution in [0.25, 0.3) is 0 Å². The van der Waals surface area contributed by atoms with Crippen molar-refractivity contribution < 1.29 is 18.8 Å². The van der Waals surface area contributed by atoms with E-state index >= 15 is 0 Å². The summed E-state index contributed by atoms with van der Waals surface area (Å²) in [6.07, 6.45) is 2.74. The Morgan fingerprint density at radius 1 is 1.00 bits per heavy atom. The van der Waals surface area contributed by atoms with Gasteiger partial charge in [0, 0.05) is 31.0 Å². The first-order valence-corrected chi connectivity index (χ1v) is 10.4. The maximum absolute atomic E-state index is 12.7. The van der Waals surface area contributed by atoms with Crippen LogP contribution < -0.4 is 5.32 Å². The average Bonchev–Trinajstić information content (AvgIpc) is 3.32. The van der Waals surface area contributed by atoms with Crippen LogP contribution in [0.15, 0.2) is 77.5 Å². The van der Waals surface area contributed by atoms with Crippen molar-refractivity contribution in [1.29, 1.82) is 0 Å². The van der Waals surface area contributed by atoms with E-state index in [4.69, 9.17) is 9.26 Å². The largest absolute Gasteiger partial charge is 0.445 e. The zero-order valence-electron chi connectivity index (χ0n) is 17.2. The molecule has 1 saturated heterocycles. The summed E-state index contributed by atoms with van der Waals surface area (Å²) in [6, 6.07) is 21.2. The predicted octanol–water partition coefficient (Wildman–Crippen LogP) is 4.37. The maximum atomic E-state index is 12.7. The minimum absolute atomic E-state index is 0.127. The molecule has 1 fully saturated rings. The molecule has 1 aromatic heterocycles. The van der Waals surface area contributed by atoms with E-state index in [0.717, 1.165) is 11.1 Å². The molecule has 1 aliphatic rings. The van der Waals surface area contributed by atoms with E-state index in [2.05, 4.69) is 10.5 Å². The van der Waals surface area contributed by atoms with Gasteiger partial charge in [0.25, 0.3) is 0 Å². The van der Waals surface area contributed by atoms with Crippen LogP contribution >= 0.6 is 0 Å². The lowest BCUT2D eigenvalue weighted by Gasteiger charge is -2.41. The smallest absolute Gasteiger partial charge is 0.410 e. The number of ether oxygens (including phenoxy) is 1. The van der Waals surface area contributed by atoms with Crippen LogP contribution in [-0.4, -0.2) is 35.1 Å². The number of anilines is 1. The van der Waals surface area contributed by atoms with Crippen LogP contribution in [-0.2, 0) is 21.6 Å². The highest BCUT2D eigenvalue weighted by Gasteiger charge is 2.39.